The molecule has 2 aliphatic carbocycles. The van der Waals surface area contributed by atoms with Gasteiger partial charge in [-0.25, -0.2) is 9.97 Å². The number of anilines is 2. The van der Waals surface area contributed by atoms with E-state index in [4.69, 9.17) is 9.72 Å². The van der Waals surface area contributed by atoms with Crippen LogP contribution in [0.25, 0.3) is 5.65 Å². The molecule has 5 rings (SSSR count). The summed E-state index contributed by atoms with van der Waals surface area (Å²) in [5, 5.41) is 6.24. The van der Waals surface area contributed by atoms with E-state index in [1.807, 2.05) is 18.3 Å². The molecule has 0 atom stereocenters. The molecule has 3 heterocycles. The number of aromatic nitrogens is 3. The van der Waals surface area contributed by atoms with Gasteiger partial charge < -0.3 is 19.8 Å². The maximum absolute atomic E-state index is 12.0. The van der Waals surface area contributed by atoms with Crippen molar-refractivity contribution in [2.75, 3.05) is 17.7 Å². The largest absolute Gasteiger partial charge is 0.469 e. The smallest absolute Gasteiger partial charge is 0.305 e. The van der Waals surface area contributed by atoms with Gasteiger partial charge in [-0.15, -0.1) is 0 Å². The second-order valence-electron chi connectivity index (χ2n) is 8.66. The van der Waals surface area contributed by atoms with Crippen molar-refractivity contribution in [2.24, 2.45) is 5.92 Å². The summed E-state index contributed by atoms with van der Waals surface area (Å²) in [5.41, 5.74) is 5.02. The quantitative estimate of drug-likeness (QED) is 0.500. The van der Waals surface area contributed by atoms with E-state index in [1.54, 1.807) is 6.20 Å². The number of carbonyl (C=O) groups is 2. The van der Waals surface area contributed by atoms with E-state index < -0.39 is 0 Å². The standard InChI is InChI=1S/C24H27N5O3/c1-32-22(30)7-6-17-10-18(15-2-3-15)13-29-14-20(27-23(17)29)12-26-19-8-9-25-21(11-19)28-24(31)16-4-5-16/h8-11,13-16H,2-7,12H2,1H3,(H2,25,26,28,31). The van der Waals surface area contributed by atoms with Gasteiger partial charge in [-0.2, -0.15) is 0 Å². The molecule has 2 saturated carbocycles. The molecule has 3 aromatic heterocycles. The van der Waals surface area contributed by atoms with Gasteiger partial charge in [0.1, 0.15) is 11.5 Å². The zero-order chi connectivity index (χ0) is 22.1. The Morgan fingerprint density at radius 1 is 1.19 bits per heavy atom. The van der Waals surface area contributed by atoms with Crippen LogP contribution in [0.15, 0.2) is 36.8 Å². The number of pyridine rings is 2. The first-order valence-electron chi connectivity index (χ1n) is 11.2. The van der Waals surface area contributed by atoms with Crippen LogP contribution in [0.5, 0.6) is 0 Å². The zero-order valence-corrected chi connectivity index (χ0v) is 18.1. The molecule has 0 unspecified atom stereocenters. The zero-order valence-electron chi connectivity index (χ0n) is 18.1. The minimum atomic E-state index is -0.212. The Morgan fingerprint density at radius 2 is 2.03 bits per heavy atom. The van der Waals surface area contributed by atoms with Crippen molar-refractivity contribution < 1.29 is 14.3 Å². The number of nitrogens with zero attached hydrogens (tertiary/aromatic N) is 3. The Hall–Kier alpha value is -3.42. The lowest BCUT2D eigenvalue weighted by molar-refractivity contribution is -0.140. The maximum atomic E-state index is 12.0. The van der Waals surface area contributed by atoms with Gasteiger partial charge in [0.15, 0.2) is 0 Å². The summed E-state index contributed by atoms with van der Waals surface area (Å²) in [4.78, 5) is 32.7. The number of rotatable bonds is 9. The molecule has 0 bridgehead atoms. The second-order valence-corrected chi connectivity index (χ2v) is 8.66. The van der Waals surface area contributed by atoms with Crippen LogP contribution in [0.2, 0.25) is 0 Å². The fourth-order valence-corrected chi connectivity index (χ4v) is 3.87. The lowest BCUT2D eigenvalue weighted by atomic mass is 10.1. The number of hydrogen-bond donors (Lipinski definition) is 2. The van der Waals surface area contributed by atoms with E-state index in [9.17, 15) is 9.59 Å². The lowest BCUT2D eigenvalue weighted by Crippen LogP contribution is -2.14. The molecular weight excluding hydrogens is 406 g/mol. The van der Waals surface area contributed by atoms with Crippen molar-refractivity contribution in [3.05, 3.63) is 53.6 Å². The Balaban J connectivity index is 1.31. The molecule has 166 valence electrons. The van der Waals surface area contributed by atoms with Crippen LogP contribution in [0.1, 0.15) is 54.8 Å². The van der Waals surface area contributed by atoms with Crippen LogP contribution in [0.4, 0.5) is 11.5 Å². The number of fused-ring (bicyclic) bond motifs is 1. The van der Waals surface area contributed by atoms with E-state index in [0.717, 1.165) is 35.4 Å². The number of hydrogen-bond acceptors (Lipinski definition) is 6. The second kappa shape index (κ2) is 8.61. The van der Waals surface area contributed by atoms with Crippen molar-refractivity contribution >= 4 is 29.0 Å². The number of aryl methyl sites for hydroxylation is 1. The van der Waals surface area contributed by atoms with Gasteiger partial charge in [-0.1, -0.05) is 6.07 Å². The average Bonchev–Trinajstić information content (AvgIpc) is 3.72. The highest BCUT2D eigenvalue weighted by atomic mass is 16.5. The Labute approximate surface area is 186 Å². The maximum Gasteiger partial charge on any atom is 0.305 e. The summed E-state index contributed by atoms with van der Waals surface area (Å²) in [6, 6.07) is 5.90. The van der Waals surface area contributed by atoms with E-state index in [1.165, 1.54) is 25.5 Å². The summed E-state index contributed by atoms with van der Waals surface area (Å²) in [6.45, 7) is 0.539. The molecule has 32 heavy (non-hydrogen) atoms. The summed E-state index contributed by atoms with van der Waals surface area (Å²) >= 11 is 0. The van der Waals surface area contributed by atoms with Crippen molar-refractivity contribution in [3.8, 4) is 0 Å². The third kappa shape index (κ3) is 4.74. The van der Waals surface area contributed by atoms with Crippen LogP contribution >= 0.6 is 0 Å². The number of carbonyl (C=O) groups excluding carboxylic acids is 2. The fourth-order valence-electron chi connectivity index (χ4n) is 3.87. The monoisotopic (exact) mass is 433 g/mol. The summed E-state index contributed by atoms with van der Waals surface area (Å²) < 4.78 is 6.88. The van der Waals surface area contributed by atoms with Crippen molar-refractivity contribution in [1.82, 2.24) is 14.4 Å². The number of imidazole rings is 1. The normalized spacial score (nSPS) is 15.5. The summed E-state index contributed by atoms with van der Waals surface area (Å²) in [7, 11) is 1.42. The van der Waals surface area contributed by atoms with Gasteiger partial charge in [0.05, 0.1) is 19.3 Å². The highest BCUT2D eigenvalue weighted by Crippen LogP contribution is 2.40. The third-order valence-corrected chi connectivity index (χ3v) is 6.01. The van der Waals surface area contributed by atoms with E-state index in [-0.39, 0.29) is 17.8 Å². The van der Waals surface area contributed by atoms with Crippen LogP contribution in [0.3, 0.4) is 0 Å². The van der Waals surface area contributed by atoms with Crippen LogP contribution < -0.4 is 10.6 Å². The Morgan fingerprint density at radius 3 is 2.78 bits per heavy atom. The van der Waals surface area contributed by atoms with Gasteiger partial charge >= 0.3 is 5.97 Å². The Kier molecular flexibility index (Phi) is 5.51. The third-order valence-electron chi connectivity index (χ3n) is 6.01. The van der Waals surface area contributed by atoms with Crippen LogP contribution in [-0.4, -0.2) is 33.4 Å². The highest BCUT2D eigenvalue weighted by Gasteiger charge is 2.29. The van der Waals surface area contributed by atoms with E-state index in [2.05, 4.69) is 32.3 Å². The molecule has 0 saturated heterocycles. The molecule has 2 aliphatic rings. The molecule has 0 radical (unpaired) electrons. The SMILES string of the molecule is COC(=O)CCc1cc(C2CC2)cn2cc(CNc3ccnc(NC(=O)C4CC4)c3)nc12. The van der Waals surface area contributed by atoms with Gasteiger partial charge in [0.2, 0.25) is 5.91 Å². The molecule has 8 heteroatoms. The molecule has 3 aromatic rings. The number of ether oxygens (including phenoxy) is 1. The first-order chi connectivity index (χ1) is 15.6. The molecule has 8 nitrogen and oxygen atoms in total. The highest BCUT2D eigenvalue weighted by molar-refractivity contribution is 5.93. The molecule has 2 fully saturated rings. The number of amides is 1. The number of esters is 1. The minimum Gasteiger partial charge on any atom is -0.469 e. The Bertz CT molecular complexity index is 1160. The molecular formula is C24H27N5O3. The molecule has 0 aromatic carbocycles. The fraction of sp³-hybridized carbons (Fsp3) is 0.417. The average molecular weight is 434 g/mol. The van der Waals surface area contributed by atoms with Gasteiger partial charge in [-0.3, -0.25) is 9.59 Å². The molecule has 0 aliphatic heterocycles. The van der Waals surface area contributed by atoms with Crippen LogP contribution in [0, 0.1) is 5.92 Å². The van der Waals surface area contributed by atoms with Crippen molar-refractivity contribution in [1.29, 1.82) is 0 Å². The van der Waals surface area contributed by atoms with E-state index >= 15 is 0 Å². The molecule has 1 amide bonds. The number of methoxy groups -OCH3 is 1. The first-order valence-corrected chi connectivity index (χ1v) is 11.2. The lowest BCUT2D eigenvalue weighted by Gasteiger charge is -2.07. The van der Waals surface area contributed by atoms with E-state index in [0.29, 0.717) is 31.1 Å². The summed E-state index contributed by atoms with van der Waals surface area (Å²) in [5.74, 6) is 1.14. The predicted molar refractivity (Wildman–Crippen MR) is 120 cm³/mol. The first kappa shape index (κ1) is 20.5. The van der Waals surface area contributed by atoms with Gasteiger partial charge in [-0.05, 0) is 55.2 Å². The molecule has 0 spiro atoms. The minimum absolute atomic E-state index is 0.0425. The van der Waals surface area contributed by atoms with Crippen molar-refractivity contribution in [3.63, 3.8) is 0 Å². The number of nitrogens with one attached hydrogen (secondary N) is 2. The van der Waals surface area contributed by atoms with Crippen LogP contribution in [-0.2, 0) is 27.3 Å². The predicted octanol–water partition coefficient (Wildman–Crippen LogP) is 3.67. The van der Waals surface area contributed by atoms with Gasteiger partial charge in [0.25, 0.3) is 0 Å². The summed E-state index contributed by atoms with van der Waals surface area (Å²) in [6.07, 6.45) is 11.2. The molecule has 2 N–H and O–H groups in total. The van der Waals surface area contributed by atoms with Gasteiger partial charge in [0, 0.05) is 42.7 Å². The van der Waals surface area contributed by atoms with Crippen molar-refractivity contribution in [2.45, 2.75) is 51.0 Å². The topological polar surface area (TPSA) is 97.6 Å².